The molecule has 0 aliphatic heterocycles. The molecule has 0 heterocycles. The van der Waals surface area contributed by atoms with Crippen LogP contribution >= 0.6 is 11.6 Å². The molecule has 1 aromatic rings. The minimum absolute atomic E-state index is 0.506. The van der Waals surface area contributed by atoms with E-state index in [4.69, 9.17) is 11.6 Å². The van der Waals surface area contributed by atoms with Gasteiger partial charge in [-0.1, -0.05) is 11.6 Å². The van der Waals surface area contributed by atoms with Crippen LogP contribution in [0.2, 0.25) is 5.02 Å². The number of ketones is 1. The number of halogens is 1. The molecule has 0 spiro atoms. The fourth-order valence-corrected chi connectivity index (χ4v) is 1.38. The quantitative estimate of drug-likeness (QED) is 0.369. The van der Waals surface area contributed by atoms with Crippen LogP contribution in [0.15, 0.2) is 29.4 Å². The first-order valence-electron chi connectivity index (χ1n) is 5.75. The van der Waals surface area contributed by atoms with E-state index >= 15 is 0 Å². The Balaban J connectivity index is 2.88. The van der Waals surface area contributed by atoms with E-state index in [1.807, 2.05) is 0 Å². The standard InChI is InChI=1S/C13H13ClN2O5/c1-20-11(18)7-10(17)12(13(19)21-2)16-15-9-5-3-8(14)4-6-9/h3-6,15H,7H2,1-2H3/b16-12+. The highest BCUT2D eigenvalue weighted by molar-refractivity contribution is 6.65. The lowest BCUT2D eigenvalue weighted by molar-refractivity contribution is -0.142. The van der Waals surface area contributed by atoms with Gasteiger partial charge in [-0.25, -0.2) is 4.79 Å². The molecule has 0 amide bonds. The monoisotopic (exact) mass is 312 g/mol. The van der Waals surface area contributed by atoms with Gasteiger partial charge in [-0.15, -0.1) is 0 Å². The minimum atomic E-state index is -0.953. The molecule has 0 fully saturated rings. The number of benzene rings is 1. The van der Waals surface area contributed by atoms with Gasteiger partial charge in [0.15, 0.2) is 0 Å². The molecule has 0 aliphatic rings. The fourth-order valence-electron chi connectivity index (χ4n) is 1.25. The number of carbonyl (C=O) groups is 3. The molecular formula is C13H13ClN2O5. The topological polar surface area (TPSA) is 94.1 Å². The Kier molecular flexibility index (Phi) is 6.35. The highest BCUT2D eigenvalue weighted by Gasteiger charge is 2.24. The minimum Gasteiger partial charge on any atom is -0.469 e. The molecule has 8 heteroatoms. The zero-order chi connectivity index (χ0) is 15.8. The molecule has 0 aliphatic carbocycles. The molecule has 21 heavy (non-hydrogen) atoms. The van der Waals surface area contributed by atoms with Crippen LogP contribution in [-0.2, 0) is 23.9 Å². The third-order valence-corrected chi connectivity index (χ3v) is 2.57. The van der Waals surface area contributed by atoms with Gasteiger partial charge in [0.25, 0.3) is 0 Å². The average molecular weight is 313 g/mol. The maximum Gasteiger partial charge on any atom is 0.362 e. The molecule has 1 rings (SSSR count). The molecule has 112 valence electrons. The normalized spacial score (nSPS) is 10.7. The molecule has 1 N–H and O–H groups in total. The van der Waals surface area contributed by atoms with Crippen molar-refractivity contribution >= 4 is 40.7 Å². The van der Waals surface area contributed by atoms with Crippen LogP contribution in [0.5, 0.6) is 0 Å². The summed E-state index contributed by atoms with van der Waals surface area (Å²) in [6.45, 7) is 0. The van der Waals surface area contributed by atoms with Crippen molar-refractivity contribution in [1.82, 2.24) is 0 Å². The van der Waals surface area contributed by atoms with Crippen LogP contribution in [0.1, 0.15) is 6.42 Å². The molecule has 0 saturated carbocycles. The number of Topliss-reactive ketones (excluding diaryl/α,β-unsaturated/α-hetero) is 1. The molecule has 1 aromatic carbocycles. The molecule has 0 radical (unpaired) electrons. The summed E-state index contributed by atoms with van der Waals surface area (Å²) in [7, 11) is 2.24. The van der Waals surface area contributed by atoms with E-state index < -0.39 is 29.9 Å². The molecule has 0 saturated heterocycles. The van der Waals surface area contributed by atoms with E-state index in [2.05, 4.69) is 20.0 Å². The molecule has 0 atom stereocenters. The lowest BCUT2D eigenvalue weighted by Gasteiger charge is -2.05. The lowest BCUT2D eigenvalue weighted by Crippen LogP contribution is -2.28. The summed E-state index contributed by atoms with van der Waals surface area (Å²) < 4.78 is 8.81. The largest absolute Gasteiger partial charge is 0.469 e. The van der Waals surface area contributed by atoms with Crippen molar-refractivity contribution in [1.29, 1.82) is 0 Å². The number of anilines is 1. The van der Waals surface area contributed by atoms with Crippen molar-refractivity contribution in [2.75, 3.05) is 19.6 Å². The molecular weight excluding hydrogens is 300 g/mol. The number of nitrogens with zero attached hydrogens (tertiary/aromatic N) is 1. The van der Waals surface area contributed by atoms with E-state index in [1.54, 1.807) is 24.3 Å². The predicted molar refractivity (Wildman–Crippen MR) is 76.2 cm³/mol. The Bertz CT molecular complexity index is 568. The Labute approximate surface area is 125 Å². The van der Waals surface area contributed by atoms with Crippen molar-refractivity contribution in [3.8, 4) is 0 Å². The average Bonchev–Trinajstić information content (AvgIpc) is 2.48. The molecule has 7 nitrogen and oxygen atoms in total. The Morgan fingerprint density at radius 1 is 1.14 bits per heavy atom. The van der Waals surface area contributed by atoms with E-state index in [-0.39, 0.29) is 0 Å². The summed E-state index contributed by atoms with van der Waals surface area (Å²) in [4.78, 5) is 34.4. The predicted octanol–water partition coefficient (Wildman–Crippen LogP) is 1.41. The number of methoxy groups -OCH3 is 2. The van der Waals surface area contributed by atoms with E-state index in [9.17, 15) is 14.4 Å². The number of rotatable bonds is 6. The van der Waals surface area contributed by atoms with Crippen LogP contribution in [0, 0.1) is 0 Å². The lowest BCUT2D eigenvalue weighted by atomic mass is 10.2. The first-order valence-corrected chi connectivity index (χ1v) is 6.13. The summed E-state index contributed by atoms with van der Waals surface area (Å²) in [6, 6.07) is 6.41. The zero-order valence-electron chi connectivity index (χ0n) is 11.4. The number of hydrazone groups is 1. The first kappa shape index (κ1) is 16.6. The number of hydrogen-bond donors (Lipinski definition) is 1. The van der Waals surface area contributed by atoms with Gasteiger partial charge < -0.3 is 9.47 Å². The van der Waals surface area contributed by atoms with Gasteiger partial charge >= 0.3 is 11.9 Å². The van der Waals surface area contributed by atoms with Gasteiger partial charge in [0, 0.05) is 5.02 Å². The van der Waals surface area contributed by atoms with Crippen molar-refractivity contribution in [2.45, 2.75) is 6.42 Å². The fraction of sp³-hybridized carbons (Fsp3) is 0.231. The van der Waals surface area contributed by atoms with Gasteiger partial charge in [0.2, 0.25) is 11.5 Å². The second-order valence-corrected chi connectivity index (χ2v) is 4.18. The second kappa shape index (κ2) is 8.01. The Hall–Kier alpha value is -2.41. The number of ether oxygens (including phenoxy) is 2. The van der Waals surface area contributed by atoms with Gasteiger partial charge in [-0.2, -0.15) is 5.10 Å². The van der Waals surface area contributed by atoms with Crippen molar-refractivity contribution in [3.63, 3.8) is 0 Å². The third-order valence-electron chi connectivity index (χ3n) is 2.32. The van der Waals surface area contributed by atoms with Gasteiger partial charge in [0.05, 0.1) is 19.9 Å². The van der Waals surface area contributed by atoms with Crippen molar-refractivity contribution in [3.05, 3.63) is 29.3 Å². The van der Waals surface area contributed by atoms with Crippen LogP contribution in [0.4, 0.5) is 5.69 Å². The highest BCUT2D eigenvalue weighted by Crippen LogP contribution is 2.13. The molecule has 0 bridgehead atoms. The third kappa shape index (κ3) is 5.23. The maximum absolute atomic E-state index is 11.8. The number of nitrogens with one attached hydrogen (secondary N) is 1. The van der Waals surface area contributed by atoms with E-state index in [0.717, 1.165) is 14.2 Å². The second-order valence-electron chi connectivity index (χ2n) is 3.75. The van der Waals surface area contributed by atoms with E-state index in [1.165, 1.54) is 0 Å². The maximum atomic E-state index is 11.8. The SMILES string of the molecule is COC(=O)CC(=O)/C(=N\Nc1ccc(Cl)cc1)C(=O)OC. The highest BCUT2D eigenvalue weighted by atomic mass is 35.5. The summed E-state index contributed by atoms with van der Waals surface area (Å²) >= 11 is 5.73. The Morgan fingerprint density at radius 3 is 2.29 bits per heavy atom. The number of hydrogen-bond acceptors (Lipinski definition) is 7. The molecule has 0 aromatic heterocycles. The van der Waals surface area contributed by atoms with Crippen molar-refractivity contribution in [2.24, 2.45) is 5.10 Å². The van der Waals surface area contributed by atoms with Crippen LogP contribution in [-0.4, -0.2) is 37.7 Å². The zero-order valence-corrected chi connectivity index (χ0v) is 12.1. The summed E-state index contributed by atoms with van der Waals surface area (Å²) in [5.74, 6) is -2.54. The van der Waals surface area contributed by atoms with Gasteiger partial charge in [-0.3, -0.25) is 15.0 Å². The van der Waals surface area contributed by atoms with Gasteiger partial charge in [0.1, 0.15) is 6.42 Å². The van der Waals surface area contributed by atoms with E-state index in [0.29, 0.717) is 10.7 Å². The van der Waals surface area contributed by atoms with Gasteiger partial charge in [-0.05, 0) is 24.3 Å². The number of esters is 2. The Morgan fingerprint density at radius 2 is 1.76 bits per heavy atom. The molecule has 0 unspecified atom stereocenters. The summed E-state index contributed by atoms with van der Waals surface area (Å²) in [5.41, 5.74) is 2.49. The number of carbonyl (C=O) groups excluding carboxylic acids is 3. The van der Waals surface area contributed by atoms with Crippen LogP contribution < -0.4 is 5.43 Å². The smallest absolute Gasteiger partial charge is 0.362 e. The summed E-state index contributed by atoms with van der Waals surface area (Å²) in [6.07, 6.45) is -0.604. The van der Waals surface area contributed by atoms with Crippen LogP contribution in [0.3, 0.4) is 0 Å². The van der Waals surface area contributed by atoms with Crippen LogP contribution in [0.25, 0.3) is 0 Å². The first-order chi connectivity index (χ1) is 9.97. The van der Waals surface area contributed by atoms with Crippen molar-refractivity contribution < 1.29 is 23.9 Å². The summed E-state index contributed by atoms with van der Waals surface area (Å²) in [5, 5.41) is 4.20.